The van der Waals surface area contributed by atoms with E-state index >= 15 is 0 Å². The molecule has 0 bridgehead atoms. The molecule has 8 heteroatoms. The van der Waals surface area contributed by atoms with Crippen molar-refractivity contribution in [2.45, 2.75) is 6.92 Å². The van der Waals surface area contributed by atoms with Crippen LogP contribution in [-0.2, 0) is 4.79 Å². The maximum atomic E-state index is 13.4. The van der Waals surface area contributed by atoms with E-state index in [0.717, 1.165) is 29.3 Å². The van der Waals surface area contributed by atoms with Gasteiger partial charge in [-0.25, -0.2) is 19.0 Å². The summed E-state index contributed by atoms with van der Waals surface area (Å²) in [5.41, 5.74) is 2.37. The molecule has 0 spiro atoms. The van der Waals surface area contributed by atoms with E-state index in [1.54, 1.807) is 19.1 Å². The Morgan fingerprint density at radius 3 is 2.70 bits per heavy atom. The summed E-state index contributed by atoms with van der Waals surface area (Å²) in [4.78, 5) is 23.2. The lowest BCUT2D eigenvalue weighted by atomic mass is 10.1. The second kappa shape index (κ2) is 7.77. The van der Waals surface area contributed by atoms with E-state index in [4.69, 9.17) is 9.15 Å². The monoisotopic (exact) mass is 372 g/mol. The fourth-order valence-corrected chi connectivity index (χ4v) is 2.38. The number of ether oxygens (including phenoxy) is 1. The summed E-state index contributed by atoms with van der Waals surface area (Å²) < 4.78 is 37.3. The minimum absolute atomic E-state index is 0.315. The number of fused-ring (bicyclic) bond motifs is 1. The molecular weight excluding hydrogens is 358 g/mol. The van der Waals surface area contributed by atoms with Crippen LogP contribution in [0.4, 0.5) is 8.78 Å². The van der Waals surface area contributed by atoms with Gasteiger partial charge < -0.3 is 9.15 Å². The average Bonchev–Trinajstić information content (AvgIpc) is 2.62. The first-order valence-corrected chi connectivity index (χ1v) is 7.87. The van der Waals surface area contributed by atoms with Crippen molar-refractivity contribution in [2.24, 2.45) is 5.10 Å². The molecule has 1 aromatic heterocycles. The number of nitrogens with zero attached hydrogens (tertiary/aromatic N) is 1. The van der Waals surface area contributed by atoms with Crippen molar-refractivity contribution in [3.8, 4) is 5.75 Å². The largest absolute Gasteiger partial charge is 0.484 e. The van der Waals surface area contributed by atoms with Gasteiger partial charge in [-0.3, -0.25) is 4.79 Å². The number of rotatable bonds is 5. The summed E-state index contributed by atoms with van der Waals surface area (Å²) in [6.07, 6.45) is 0.871. The number of benzene rings is 2. The lowest BCUT2D eigenvalue weighted by Crippen LogP contribution is -2.24. The normalized spacial score (nSPS) is 11.1. The van der Waals surface area contributed by atoms with E-state index in [1.165, 1.54) is 18.2 Å². The molecule has 0 fully saturated rings. The van der Waals surface area contributed by atoms with Crippen LogP contribution in [0.3, 0.4) is 0 Å². The Labute approximate surface area is 152 Å². The van der Waals surface area contributed by atoms with Gasteiger partial charge in [-0.05, 0) is 36.8 Å². The second-order valence-corrected chi connectivity index (χ2v) is 5.62. The van der Waals surface area contributed by atoms with Crippen molar-refractivity contribution < 1.29 is 22.7 Å². The summed E-state index contributed by atoms with van der Waals surface area (Å²) >= 11 is 0. The van der Waals surface area contributed by atoms with Crippen molar-refractivity contribution in [3.63, 3.8) is 0 Å². The van der Waals surface area contributed by atoms with Crippen LogP contribution in [0.5, 0.6) is 5.75 Å². The minimum atomic E-state index is -0.794. The third-order valence-corrected chi connectivity index (χ3v) is 3.68. The molecule has 0 aliphatic heterocycles. The molecule has 138 valence electrons. The molecule has 1 amide bonds. The molecule has 2 aromatic carbocycles. The van der Waals surface area contributed by atoms with Crippen LogP contribution >= 0.6 is 0 Å². The highest BCUT2D eigenvalue weighted by atomic mass is 19.1. The van der Waals surface area contributed by atoms with Crippen LogP contribution in [0.1, 0.15) is 11.1 Å². The molecule has 0 saturated heterocycles. The van der Waals surface area contributed by atoms with Gasteiger partial charge in [0.15, 0.2) is 6.61 Å². The van der Waals surface area contributed by atoms with Crippen LogP contribution in [0.15, 0.2) is 56.8 Å². The molecule has 27 heavy (non-hydrogen) atoms. The molecule has 0 aliphatic carbocycles. The first-order valence-electron chi connectivity index (χ1n) is 7.87. The van der Waals surface area contributed by atoms with E-state index < -0.39 is 29.8 Å². The maximum absolute atomic E-state index is 13.4. The Hall–Kier alpha value is -3.55. The Morgan fingerprint density at radius 2 is 1.96 bits per heavy atom. The number of aryl methyl sites for hydroxylation is 1. The number of hydrogen-bond acceptors (Lipinski definition) is 5. The number of hydrogen-bond donors (Lipinski definition) is 1. The number of carbonyl (C=O) groups is 1. The lowest BCUT2D eigenvalue weighted by molar-refractivity contribution is -0.123. The summed E-state index contributed by atoms with van der Waals surface area (Å²) in [6.45, 7) is 1.39. The van der Waals surface area contributed by atoms with Crippen molar-refractivity contribution in [3.05, 3.63) is 75.6 Å². The van der Waals surface area contributed by atoms with Gasteiger partial charge >= 0.3 is 5.63 Å². The first kappa shape index (κ1) is 18.2. The van der Waals surface area contributed by atoms with Crippen LogP contribution in [0.25, 0.3) is 11.0 Å². The molecule has 0 atom stereocenters. The topological polar surface area (TPSA) is 80.9 Å². The van der Waals surface area contributed by atoms with E-state index in [0.29, 0.717) is 11.3 Å². The first-order chi connectivity index (χ1) is 12.9. The lowest BCUT2D eigenvalue weighted by Gasteiger charge is -2.06. The molecule has 0 saturated carbocycles. The van der Waals surface area contributed by atoms with Crippen LogP contribution < -0.4 is 15.8 Å². The Balaban J connectivity index is 1.61. The Morgan fingerprint density at radius 1 is 1.22 bits per heavy atom. The number of hydrazone groups is 1. The zero-order valence-electron chi connectivity index (χ0n) is 14.2. The van der Waals surface area contributed by atoms with E-state index in [9.17, 15) is 18.4 Å². The molecule has 3 aromatic rings. The summed E-state index contributed by atoms with van der Waals surface area (Å²) in [5, 5.41) is 4.26. The second-order valence-electron chi connectivity index (χ2n) is 5.62. The number of nitrogens with one attached hydrogen (secondary N) is 1. The Kier molecular flexibility index (Phi) is 5.25. The highest BCUT2D eigenvalue weighted by Crippen LogP contribution is 2.22. The zero-order chi connectivity index (χ0) is 19.4. The van der Waals surface area contributed by atoms with Crippen LogP contribution in [-0.4, -0.2) is 18.7 Å². The van der Waals surface area contributed by atoms with Gasteiger partial charge in [-0.1, -0.05) is 6.07 Å². The number of halogens is 2. The molecule has 1 N–H and O–H groups in total. The summed E-state index contributed by atoms with van der Waals surface area (Å²) in [6, 6.07) is 9.59. The molecule has 0 radical (unpaired) electrons. The predicted octanol–water partition coefficient (Wildman–Crippen LogP) is 2.91. The fourth-order valence-electron chi connectivity index (χ4n) is 2.38. The molecular formula is C19H14F2N2O4. The van der Waals surface area contributed by atoms with E-state index in [2.05, 4.69) is 10.5 Å². The van der Waals surface area contributed by atoms with Gasteiger partial charge in [-0.2, -0.15) is 5.10 Å². The van der Waals surface area contributed by atoms with Gasteiger partial charge in [0.05, 0.1) is 11.8 Å². The third-order valence-electron chi connectivity index (χ3n) is 3.68. The highest BCUT2D eigenvalue weighted by molar-refractivity contribution is 5.84. The number of carbonyl (C=O) groups excluding carboxylic acids is 1. The highest BCUT2D eigenvalue weighted by Gasteiger charge is 2.07. The van der Waals surface area contributed by atoms with Gasteiger partial charge in [0.1, 0.15) is 23.0 Å². The molecule has 0 aliphatic rings. The predicted molar refractivity (Wildman–Crippen MR) is 94.8 cm³/mol. The van der Waals surface area contributed by atoms with Gasteiger partial charge in [0.25, 0.3) is 5.91 Å². The maximum Gasteiger partial charge on any atom is 0.336 e. The number of amides is 1. The summed E-state index contributed by atoms with van der Waals surface area (Å²) in [7, 11) is 0. The van der Waals surface area contributed by atoms with Crippen molar-refractivity contribution in [1.29, 1.82) is 0 Å². The van der Waals surface area contributed by atoms with Gasteiger partial charge in [0.2, 0.25) is 0 Å². The van der Waals surface area contributed by atoms with Crippen molar-refractivity contribution in [2.75, 3.05) is 6.61 Å². The molecule has 6 nitrogen and oxygen atoms in total. The van der Waals surface area contributed by atoms with Crippen LogP contribution in [0.2, 0.25) is 0 Å². The third kappa shape index (κ3) is 4.35. The van der Waals surface area contributed by atoms with E-state index in [1.807, 2.05) is 0 Å². The summed E-state index contributed by atoms with van der Waals surface area (Å²) in [5.74, 6) is -1.90. The molecule has 1 heterocycles. The van der Waals surface area contributed by atoms with Crippen molar-refractivity contribution >= 4 is 23.1 Å². The van der Waals surface area contributed by atoms with E-state index in [-0.39, 0.29) is 5.56 Å². The average molecular weight is 372 g/mol. The van der Waals surface area contributed by atoms with Gasteiger partial charge in [-0.15, -0.1) is 0 Å². The smallest absolute Gasteiger partial charge is 0.336 e. The van der Waals surface area contributed by atoms with Crippen LogP contribution in [0, 0.1) is 18.6 Å². The zero-order valence-corrected chi connectivity index (χ0v) is 14.2. The van der Waals surface area contributed by atoms with Crippen molar-refractivity contribution in [1.82, 2.24) is 5.43 Å². The Bertz CT molecular complexity index is 1070. The quantitative estimate of drug-likeness (QED) is 0.424. The van der Waals surface area contributed by atoms with Gasteiger partial charge in [0, 0.05) is 17.5 Å². The SMILES string of the molecule is Cc1cc(=O)oc2cc(OCC(=O)N/N=C\c3c(F)cccc3F)ccc12. The standard InChI is InChI=1S/C19H14F2N2O4/c1-11-7-19(25)27-17-8-12(5-6-13(11)17)26-10-18(24)23-22-9-14-15(20)3-2-4-16(14)21/h2-9H,10H2,1H3,(H,23,24)/b22-9-. The fraction of sp³-hybridized carbons (Fsp3) is 0.105. The minimum Gasteiger partial charge on any atom is -0.484 e. The molecule has 3 rings (SSSR count). The molecule has 0 unspecified atom stereocenters.